The van der Waals surface area contributed by atoms with Crippen molar-refractivity contribution in [1.29, 1.82) is 0 Å². The summed E-state index contributed by atoms with van der Waals surface area (Å²) < 4.78 is 5.00. The zero-order chi connectivity index (χ0) is 14.8. The highest BCUT2D eigenvalue weighted by molar-refractivity contribution is 7.98. The van der Waals surface area contributed by atoms with Gasteiger partial charge < -0.3 is 15.2 Å². The first-order valence-corrected chi connectivity index (χ1v) is 7.68. The first kappa shape index (κ1) is 17.0. The Labute approximate surface area is 124 Å². The molecular formula is C14H22N2O3S. The van der Waals surface area contributed by atoms with Crippen LogP contribution in [0.5, 0.6) is 0 Å². The lowest BCUT2D eigenvalue weighted by molar-refractivity contribution is -0.117. The van der Waals surface area contributed by atoms with Gasteiger partial charge in [0.2, 0.25) is 5.91 Å². The van der Waals surface area contributed by atoms with Crippen molar-refractivity contribution in [2.45, 2.75) is 4.90 Å². The number of amides is 1. The highest BCUT2D eigenvalue weighted by Crippen LogP contribution is 2.24. The van der Waals surface area contributed by atoms with Gasteiger partial charge >= 0.3 is 0 Å². The monoisotopic (exact) mass is 298 g/mol. The van der Waals surface area contributed by atoms with Gasteiger partial charge in [-0.1, -0.05) is 12.1 Å². The van der Waals surface area contributed by atoms with Gasteiger partial charge in [-0.05, 0) is 18.4 Å². The smallest absolute Gasteiger partial charge is 0.238 e. The van der Waals surface area contributed by atoms with E-state index in [1.807, 2.05) is 35.4 Å². The first-order valence-electron chi connectivity index (χ1n) is 6.46. The van der Waals surface area contributed by atoms with Gasteiger partial charge in [0.25, 0.3) is 0 Å². The number of ether oxygens (including phenoxy) is 1. The molecule has 0 fully saturated rings. The summed E-state index contributed by atoms with van der Waals surface area (Å²) >= 11 is 1.59. The fraction of sp³-hybridized carbons (Fsp3) is 0.500. The van der Waals surface area contributed by atoms with Crippen LogP contribution < -0.4 is 5.32 Å². The molecule has 0 bridgehead atoms. The second-order valence-corrected chi connectivity index (χ2v) is 5.09. The maximum atomic E-state index is 12.0. The second-order valence-electron chi connectivity index (χ2n) is 4.24. The van der Waals surface area contributed by atoms with Gasteiger partial charge in [0, 0.05) is 25.1 Å². The largest absolute Gasteiger partial charge is 0.395 e. The number of nitrogens with zero attached hydrogens (tertiary/aromatic N) is 1. The van der Waals surface area contributed by atoms with Crippen LogP contribution in [-0.2, 0) is 9.53 Å². The Kier molecular flexibility index (Phi) is 8.29. The maximum Gasteiger partial charge on any atom is 0.238 e. The number of carbonyl (C=O) groups is 1. The van der Waals surface area contributed by atoms with Crippen LogP contribution in [0.3, 0.4) is 0 Å². The lowest BCUT2D eigenvalue weighted by Crippen LogP contribution is -2.37. The molecule has 20 heavy (non-hydrogen) atoms. The summed E-state index contributed by atoms with van der Waals surface area (Å²) in [6.45, 7) is 1.88. The first-order chi connectivity index (χ1) is 9.71. The van der Waals surface area contributed by atoms with Crippen LogP contribution in [0.25, 0.3) is 0 Å². The summed E-state index contributed by atoms with van der Waals surface area (Å²) in [5.41, 5.74) is 0.820. The molecule has 2 N–H and O–H groups in total. The van der Waals surface area contributed by atoms with Crippen molar-refractivity contribution in [1.82, 2.24) is 4.90 Å². The van der Waals surface area contributed by atoms with E-state index in [0.717, 1.165) is 10.6 Å². The summed E-state index contributed by atoms with van der Waals surface area (Å²) in [6.07, 6.45) is 1.97. The van der Waals surface area contributed by atoms with E-state index >= 15 is 0 Å². The van der Waals surface area contributed by atoms with E-state index in [-0.39, 0.29) is 19.1 Å². The van der Waals surface area contributed by atoms with Gasteiger partial charge in [-0.2, -0.15) is 0 Å². The van der Waals surface area contributed by atoms with Crippen LogP contribution in [0.15, 0.2) is 29.2 Å². The summed E-state index contributed by atoms with van der Waals surface area (Å²) in [5.74, 6) is -0.0870. The maximum absolute atomic E-state index is 12.0. The third-order valence-corrected chi connectivity index (χ3v) is 3.57. The molecule has 112 valence electrons. The molecule has 1 rings (SSSR count). The van der Waals surface area contributed by atoms with Crippen LogP contribution >= 0.6 is 11.8 Å². The van der Waals surface area contributed by atoms with Crippen LogP contribution in [0, 0.1) is 0 Å². The fourth-order valence-electron chi connectivity index (χ4n) is 1.77. The van der Waals surface area contributed by atoms with Gasteiger partial charge in [-0.25, -0.2) is 0 Å². The summed E-state index contributed by atoms with van der Waals surface area (Å²) in [7, 11) is 1.62. The second kappa shape index (κ2) is 9.77. The Hall–Kier alpha value is -1.08. The Morgan fingerprint density at radius 3 is 2.80 bits per heavy atom. The topological polar surface area (TPSA) is 61.8 Å². The molecule has 1 aromatic carbocycles. The number of methoxy groups -OCH3 is 1. The van der Waals surface area contributed by atoms with E-state index in [2.05, 4.69) is 5.32 Å². The minimum atomic E-state index is -0.0870. The van der Waals surface area contributed by atoms with Crippen molar-refractivity contribution >= 4 is 23.4 Å². The standard InChI is InChI=1S/C14H22N2O3S/c1-19-10-8-16(7-9-17)11-14(18)15-12-5-3-4-6-13(12)20-2/h3-6,17H,7-11H2,1-2H3,(H,15,18). The number of aliphatic hydroxyl groups is 1. The Morgan fingerprint density at radius 2 is 2.15 bits per heavy atom. The van der Waals surface area contributed by atoms with Crippen LogP contribution in [0.2, 0.25) is 0 Å². The number of thioether (sulfide) groups is 1. The average molecular weight is 298 g/mol. The lowest BCUT2D eigenvalue weighted by atomic mass is 10.3. The molecular weight excluding hydrogens is 276 g/mol. The third kappa shape index (κ3) is 5.92. The number of anilines is 1. The molecule has 0 spiro atoms. The molecule has 0 saturated heterocycles. The van der Waals surface area contributed by atoms with Crippen molar-refractivity contribution in [2.75, 3.05) is 51.5 Å². The number of para-hydroxylation sites is 1. The van der Waals surface area contributed by atoms with Crippen LogP contribution in [-0.4, -0.2) is 62.1 Å². The van der Waals surface area contributed by atoms with Crippen LogP contribution in [0.1, 0.15) is 0 Å². The van der Waals surface area contributed by atoms with Gasteiger partial charge in [-0.3, -0.25) is 9.69 Å². The molecule has 1 aromatic rings. The van der Waals surface area contributed by atoms with Crippen LogP contribution in [0.4, 0.5) is 5.69 Å². The Bertz CT molecular complexity index is 415. The Morgan fingerprint density at radius 1 is 1.40 bits per heavy atom. The van der Waals surface area contributed by atoms with E-state index in [1.165, 1.54) is 0 Å². The quantitative estimate of drug-likeness (QED) is 0.673. The van der Waals surface area contributed by atoms with E-state index in [1.54, 1.807) is 18.9 Å². The third-order valence-electron chi connectivity index (χ3n) is 2.78. The summed E-state index contributed by atoms with van der Waals surface area (Å²) in [4.78, 5) is 14.9. The van der Waals surface area contributed by atoms with Gasteiger partial charge in [0.15, 0.2) is 0 Å². The number of carbonyl (C=O) groups excluding carboxylic acids is 1. The van der Waals surface area contributed by atoms with Crippen molar-refractivity contribution in [3.05, 3.63) is 24.3 Å². The molecule has 5 nitrogen and oxygen atoms in total. The molecule has 0 atom stereocenters. The van der Waals surface area contributed by atoms with Gasteiger partial charge in [0.05, 0.1) is 25.4 Å². The van der Waals surface area contributed by atoms with Crippen molar-refractivity contribution in [3.63, 3.8) is 0 Å². The SMILES string of the molecule is COCCN(CCO)CC(=O)Nc1ccccc1SC. The fourth-order valence-corrected chi connectivity index (χ4v) is 2.33. The van der Waals surface area contributed by atoms with Gasteiger partial charge in [0.1, 0.15) is 0 Å². The van der Waals surface area contributed by atoms with E-state index in [9.17, 15) is 4.79 Å². The highest BCUT2D eigenvalue weighted by atomic mass is 32.2. The average Bonchev–Trinajstić information content (AvgIpc) is 2.45. The number of nitrogens with one attached hydrogen (secondary N) is 1. The zero-order valence-electron chi connectivity index (χ0n) is 12.0. The highest BCUT2D eigenvalue weighted by Gasteiger charge is 2.11. The summed E-state index contributed by atoms with van der Waals surface area (Å²) in [6, 6.07) is 7.69. The molecule has 1 amide bonds. The number of rotatable bonds is 9. The molecule has 0 heterocycles. The molecule has 0 aliphatic carbocycles. The van der Waals surface area contributed by atoms with Crippen molar-refractivity contribution in [3.8, 4) is 0 Å². The number of benzene rings is 1. The van der Waals surface area contributed by atoms with Gasteiger partial charge in [-0.15, -0.1) is 11.8 Å². The normalized spacial score (nSPS) is 10.8. The molecule has 0 saturated carbocycles. The van der Waals surface area contributed by atoms with E-state index < -0.39 is 0 Å². The molecule has 0 aliphatic heterocycles. The Balaban J connectivity index is 2.56. The van der Waals surface area contributed by atoms with Crippen molar-refractivity contribution < 1.29 is 14.6 Å². The number of hydrogen-bond acceptors (Lipinski definition) is 5. The summed E-state index contributed by atoms with van der Waals surface area (Å²) in [5, 5.41) is 11.9. The predicted molar refractivity (Wildman–Crippen MR) is 82.3 cm³/mol. The molecule has 0 unspecified atom stereocenters. The molecule has 6 heteroatoms. The predicted octanol–water partition coefficient (Wildman–Crippen LogP) is 1.29. The molecule has 0 radical (unpaired) electrons. The number of hydrogen-bond donors (Lipinski definition) is 2. The molecule has 0 aromatic heterocycles. The zero-order valence-corrected chi connectivity index (χ0v) is 12.8. The van der Waals surface area contributed by atoms with E-state index in [4.69, 9.17) is 9.84 Å². The minimum absolute atomic E-state index is 0.0262. The number of aliphatic hydroxyl groups excluding tert-OH is 1. The minimum Gasteiger partial charge on any atom is -0.395 e. The van der Waals surface area contributed by atoms with E-state index in [0.29, 0.717) is 19.7 Å². The lowest BCUT2D eigenvalue weighted by Gasteiger charge is -2.20. The molecule has 0 aliphatic rings. The van der Waals surface area contributed by atoms with Crippen molar-refractivity contribution in [2.24, 2.45) is 0 Å².